The van der Waals surface area contributed by atoms with Crippen LogP contribution in [-0.4, -0.2) is 27.3 Å². The summed E-state index contributed by atoms with van der Waals surface area (Å²) in [6, 6.07) is 11.9. The number of fused-ring (bicyclic) bond motifs is 1. The van der Waals surface area contributed by atoms with Crippen LogP contribution in [0.1, 0.15) is 11.3 Å². The molecular formula is C14H15N3O2. The number of aromatic nitrogens is 1. The molecule has 0 saturated heterocycles. The minimum absolute atomic E-state index is 0.428. The summed E-state index contributed by atoms with van der Waals surface area (Å²) in [7, 11) is 0. The van der Waals surface area contributed by atoms with Crippen LogP contribution in [0, 0.1) is 0 Å². The molecule has 19 heavy (non-hydrogen) atoms. The van der Waals surface area contributed by atoms with Gasteiger partial charge >= 0.3 is 6.09 Å². The third kappa shape index (κ3) is 2.27. The fourth-order valence-electron chi connectivity index (χ4n) is 2.35. The van der Waals surface area contributed by atoms with Gasteiger partial charge in [-0.15, -0.1) is 0 Å². The van der Waals surface area contributed by atoms with Crippen molar-refractivity contribution in [2.24, 2.45) is 0 Å². The lowest BCUT2D eigenvalue weighted by atomic mass is 10.1. The van der Waals surface area contributed by atoms with E-state index in [9.17, 15) is 4.79 Å². The fraction of sp³-hybridized carbons (Fsp3) is 0.214. The molecule has 3 rings (SSSR count). The van der Waals surface area contributed by atoms with E-state index in [1.807, 2.05) is 47.3 Å². The first-order valence-corrected chi connectivity index (χ1v) is 6.23. The van der Waals surface area contributed by atoms with Gasteiger partial charge in [-0.1, -0.05) is 18.2 Å². The highest BCUT2D eigenvalue weighted by atomic mass is 16.4. The van der Waals surface area contributed by atoms with Gasteiger partial charge in [-0.05, 0) is 30.2 Å². The van der Waals surface area contributed by atoms with E-state index < -0.39 is 6.09 Å². The summed E-state index contributed by atoms with van der Waals surface area (Å²) < 4.78 is 1.90. The Morgan fingerprint density at radius 3 is 2.74 bits per heavy atom. The van der Waals surface area contributed by atoms with Crippen molar-refractivity contribution < 1.29 is 9.90 Å². The van der Waals surface area contributed by atoms with E-state index in [0.29, 0.717) is 13.1 Å². The van der Waals surface area contributed by atoms with Crippen LogP contribution in [0.4, 0.5) is 10.5 Å². The molecule has 1 aliphatic rings. The zero-order chi connectivity index (χ0) is 13.2. The van der Waals surface area contributed by atoms with E-state index in [1.165, 1.54) is 10.5 Å². The van der Waals surface area contributed by atoms with Crippen LogP contribution in [0.3, 0.4) is 0 Å². The van der Waals surface area contributed by atoms with Crippen molar-refractivity contribution >= 4 is 11.8 Å². The summed E-state index contributed by atoms with van der Waals surface area (Å²) in [5.41, 5.74) is 6.47. The summed E-state index contributed by atoms with van der Waals surface area (Å²) in [4.78, 5) is 12.5. The number of benzene rings is 1. The predicted octanol–water partition coefficient (Wildman–Crippen LogP) is 2.40. The molecule has 1 aromatic heterocycles. The molecule has 1 amide bonds. The van der Waals surface area contributed by atoms with Crippen LogP contribution >= 0.6 is 0 Å². The lowest BCUT2D eigenvalue weighted by Gasteiger charge is -2.26. The SMILES string of the molecule is O=C(O)N1CCc2ccn(Nc3ccccc3)c2C1. The molecule has 2 aromatic rings. The second kappa shape index (κ2) is 4.68. The van der Waals surface area contributed by atoms with Gasteiger partial charge in [0.1, 0.15) is 0 Å². The lowest BCUT2D eigenvalue weighted by molar-refractivity contribution is 0.139. The largest absolute Gasteiger partial charge is 0.465 e. The van der Waals surface area contributed by atoms with Gasteiger partial charge in [0.05, 0.1) is 17.9 Å². The molecular weight excluding hydrogens is 242 g/mol. The third-order valence-corrected chi connectivity index (χ3v) is 3.37. The number of hydrogen-bond acceptors (Lipinski definition) is 2. The molecule has 0 bridgehead atoms. The molecule has 0 fully saturated rings. The second-order valence-electron chi connectivity index (χ2n) is 4.59. The molecule has 0 saturated carbocycles. The van der Waals surface area contributed by atoms with Gasteiger partial charge in [-0.25, -0.2) is 4.79 Å². The number of nitrogens with one attached hydrogen (secondary N) is 1. The highest BCUT2D eigenvalue weighted by molar-refractivity contribution is 5.65. The Hall–Kier alpha value is -2.43. The Bertz CT molecular complexity index is 592. The van der Waals surface area contributed by atoms with Crippen LogP contribution in [0.2, 0.25) is 0 Å². The standard InChI is InChI=1S/C14H15N3O2/c18-14(19)16-8-6-11-7-9-17(13(11)10-16)15-12-4-2-1-3-5-12/h1-5,7,9,15H,6,8,10H2,(H,18,19). The molecule has 5 nitrogen and oxygen atoms in total. The molecule has 98 valence electrons. The topological polar surface area (TPSA) is 57.5 Å². The predicted molar refractivity (Wildman–Crippen MR) is 72.0 cm³/mol. The fourth-order valence-corrected chi connectivity index (χ4v) is 2.35. The first-order valence-electron chi connectivity index (χ1n) is 6.23. The summed E-state index contributed by atoms with van der Waals surface area (Å²) in [6.07, 6.45) is 1.85. The van der Waals surface area contributed by atoms with Gasteiger partial charge in [0.2, 0.25) is 0 Å². The number of carboxylic acid groups (broad SMARTS) is 1. The Morgan fingerprint density at radius 2 is 2.00 bits per heavy atom. The van der Waals surface area contributed by atoms with Crippen molar-refractivity contribution in [1.82, 2.24) is 9.58 Å². The number of rotatable bonds is 2. The maximum atomic E-state index is 11.1. The van der Waals surface area contributed by atoms with Gasteiger partial charge in [0.15, 0.2) is 0 Å². The number of nitrogens with zero attached hydrogens (tertiary/aromatic N) is 2. The highest BCUT2D eigenvalue weighted by Crippen LogP contribution is 2.20. The monoisotopic (exact) mass is 257 g/mol. The van der Waals surface area contributed by atoms with E-state index in [4.69, 9.17) is 5.11 Å². The average Bonchev–Trinajstić information content (AvgIpc) is 2.82. The van der Waals surface area contributed by atoms with E-state index in [1.54, 1.807) is 0 Å². The molecule has 0 spiro atoms. The van der Waals surface area contributed by atoms with Crippen LogP contribution in [-0.2, 0) is 13.0 Å². The Kier molecular flexibility index (Phi) is 2.87. The second-order valence-corrected chi connectivity index (χ2v) is 4.59. The maximum absolute atomic E-state index is 11.1. The van der Waals surface area contributed by atoms with Gasteiger partial charge < -0.3 is 10.0 Å². The van der Waals surface area contributed by atoms with Crippen molar-refractivity contribution in [3.63, 3.8) is 0 Å². The minimum Gasteiger partial charge on any atom is -0.465 e. The number of para-hydroxylation sites is 1. The molecule has 1 aromatic carbocycles. The van der Waals surface area contributed by atoms with E-state index in [-0.39, 0.29) is 0 Å². The molecule has 2 heterocycles. The van der Waals surface area contributed by atoms with Crippen molar-refractivity contribution in [2.75, 3.05) is 12.0 Å². The Morgan fingerprint density at radius 1 is 1.21 bits per heavy atom. The van der Waals surface area contributed by atoms with Crippen LogP contribution in [0.5, 0.6) is 0 Å². The number of anilines is 1. The summed E-state index contributed by atoms with van der Waals surface area (Å²) in [6.45, 7) is 0.995. The summed E-state index contributed by atoms with van der Waals surface area (Å²) >= 11 is 0. The molecule has 2 N–H and O–H groups in total. The molecule has 1 aliphatic heterocycles. The van der Waals surface area contributed by atoms with E-state index in [0.717, 1.165) is 17.8 Å². The normalized spacial score (nSPS) is 14.0. The van der Waals surface area contributed by atoms with Crippen LogP contribution < -0.4 is 5.43 Å². The smallest absolute Gasteiger partial charge is 0.407 e. The number of carbonyl (C=O) groups is 1. The van der Waals surface area contributed by atoms with Crippen molar-refractivity contribution in [2.45, 2.75) is 13.0 Å². The molecule has 0 atom stereocenters. The maximum Gasteiger partial charge on any atom is 0.407 e. The zero-order valence-corrected chi connectivity index (χ0v) is 10.4. The highest BCUT2D eigenvalue weighted by Gasteiger charge is 2.22. The van der Waals surface area contributed by atoms with Gasteiger partial charge in [0.25, 0.3) is 0 Å². The molecule has 0 unspecified atom stereocenters. The van der Waals surface area contributed by atoms with E-state index in [2.05, 4.69) is 5.43 Å². The average molecular weight is 257 g/mol. The Balaban J connectivity index is 1.85. The van der Waals surface area contributed by atoms with Crippen molar-refractivity contribution in [3.05, 3.63) is 53.9 Å². The lowest BCUT2D eigenvalue weighted by Crippen LogP contribution is -2.36. The van der Waals surface area contributed by atoms with Crippen LogP contribution in [0.25, 0.3) is 0 Å². The minimum atomic E-state index is -0.863. The third-order valence-electron chi connectivity index (χ3n) is 3.37. The van der Waals surface area contributed by atoms with Gasteiger partial charge in [-0.3, -0.25) is 10.1 Å². The molecule has 5 heteroatoms. The Labute approximate surface area is 111 Å². The van der Waals surface area contributed by atoms with Crippen LogP contribution in [0.15, 0.2) is 42.6 Å². The van der Waals surface area contributed by atoms with Crippen molar-refractivity contribution in [3.8, 4) is 0 Å². The summed E-state index contributed by atoms with van der Waals surface area (Å²) in [5.74, 6) is 0. The molecule has 0 radical (unpaired) electrons. The van der Waals surface area contributed by atoms with E-state index >= 15 is 0 Å². The zero-order valence-electron chi connectivity index (χ0n) is 10.4. The van der Waals surface area contributed by atoms with Gasteiger partial charge in [0, 0.05) is 12.7 Å². The first kappa shape index (κ1) is 11.6. The summed E-state index contributed by atoms with van der Waals surface area (Å²) in [5, 5.41) is 9.08. The quantitative estimate of drug-likeness (QED) is 0.868. The van der Waals surface area contributed by atoms with Gasteiger partial charge in [-0.2, -0.15) is 0 Å². The molecule has 0 aliphatic carbocycles. The first-order chi connectivity index (χ1) is 9.24. The number of amides is 1. The number of hydrogen-bond donors (Lipinski definition) is 2. The van der Waals surface area contributed by atoms with Crippen molar-refractivity contribution in [1.29, 1.82) is 0 Å².